The second-order valence-electron chi connectivity index (χ2n) is 5.74. The van der Waals surface area contributed by atoms with Crippen molar-refractivity contribution >= 4 is 17.1 Å². The van der Waals surface area contributed by atoms with Crippen LogP contribution in [-0.4, -0.2) is 6.04 Å². The summed E-state index contributed by atoms with van der Waals surface area (Å²) in [4.78, 5) is 0. The van der Waals surface area contributed by atoms with Crippen molar-refractivity contribution in [2.24, 2.45) is 5.92 Å². The minimum atomic E-state index is 0. The molecule has 22 heavy (non-hydrogen) atoms. The third-order valence-electron chi connectivity index (χ3n) is 3.19. The van der Waals surface area contributed by atoms with Gasteiger partial charge >= 0.3 is 19.5 Å². The molecular weight excluding hydrogens is 326 g/mol. The number of rotatable bonds is 6. The Kier molecular flexibility index (Phi) is 9.72. The first kappa shape index (κ1) is 20.6. The standard InChI is InChI=1S/C18H24N2.O.Zn/c1-14(2)13-15(3)19-17-9-11-18(12-10-17)20-16-7-5-4-6-8-16;;/h4-12,14-15,19-20H,13H2,1-3H3;;/q;-2;+2. The minimum absolute atomic E-state index is 0. The van der Waals surface area contributed by atoms with Crippen LogP contribution < -0.4 is 10.6 Å². The molecule has 0 aromatic heterocycles. The predicted molar refractivity (Wildman–Crippen MR) is 89.4 cm³/mol. The normalized spacial score (nSPS) is 11.1. The van der Waals surface area contributed by atoms with Crippen molar-refractivity contribution in [2.45, 2.75) is 33.2 Å². The number of hydrogen-bond donors (Lipinski definition) is 2. The summed E-state index contributed by atoms with van der Waals surface area (Å²) in [6, 6.07) is 19.2. The Balaban J connectivity index is 0.00000220. The van der Waals surface area contributed by atoms with Gasteiger partial charge in [0.2, 0.25) is 0 Å². The zero-order valence-electron chi connectivity index (χ0n) is 13.7. The second-order valence-corrected chi connectivity index (χ2v) is 5.74. The third-order valence-corrected chi connectivity index (χ3v) is 3.19. The summed E-state index contributed by atoms with van der Waals surface area (Å²) in [5.74, 6) is 0.719. The minimum Gasteiger partial charge on any atom is -2.00 e. The molecule has 0 spiro atoms. The molecule has 0 aliphatic heterocycles. The van der Waals surface area contributed by atoms with E-state index in [1.54, 1.807) is 0 Å². The maximum atomic E-state index is 3.54. The van der Waals surface area contributed by atoms with Crippen molar-refractivity contribution in [3.8, 4) is 0 Å². The largest absolute Gasteiger partial charge is 2.00 e. The number of benzene rings is 2. The Morgan fingerprint density at radius 2 is 1.27 bits per heavy atom. The molecule has 0 saturated heterocycles. The van der Waals surface area contributed by atoms with E-state index in [1.165, 1.54) is 12.1 Å². The SMILES string of the molecule is CC(C)CC(C)Nc1ccc(Nc2ccccc2)cc1.[O-2].[Zn+2]. The van der Waals surface area contributed by atoms with Crippen molar-refractivity contribution in [1.82, 2.24) is 0 Å². The van der Waals surface area contributed by atoms with Gasteiger partial charge in [0.1, 0.15) is 0 Å². The van der Waals surface area contributed by atoms with E-state index < -0.39 is 0 Å². The summed E-state index contributed by atoms with van der Waals surface area (Å²) in [5.41, 5.74) is 3.40. The van der Waals surface area contributed by atoms with Crippen LogP contribution in [0.1, 0.15) is 27.2 Å². The zero-order chi connectivity index (χ0) is 14.4. The fraction of sp³-hybridized carbons (Fsp3) is 0.333. The van der Waals surface area contributed by atoms with Gasteiger partial charge in [-0.3, -0.25) is 0 Å². The van der Waals surface area contributed by atoms with E-state index in [0.29, 0.717) is 6.04 Å². The van der Waals surface area contributed by atoms with Gasteiger partial charge in [-0.2, -0.15) is 0 Å². The number of hydrogen-bond acceptors (Lipinski definition) is 2. The van der Waals surface area contributed by atoms with Crippen molar-refractivity contribution in [2.75, 3.05) is 10.6 Å². The van der Waals surface area contributed by atoms with Gasteiger partial charge in [-0.05, 0) is 55.7 Å². The molecule has 2 aromatic carbocycles. The Morgan fingerprint density at radius 3 is 1.82 bits per heavy atom. The van der Waals surface area contributed by atoms with E-state index in [1.807, 2.05) is 18.2 Å². The molecule has 0 fully saturated rings. The van der Waals surface area contributed by atoms with Crippen molar-refractivity contribution < 1.29 is 25.0 Å². The molecule has 1 unspecified atom stereocenters. The van der Waals surface area contributed by atoms with Crippen LogP contribution >= 0.6 is 0 Å². The summed E-state index contributed by atoms with van der Waals surface area (Å²) in [5, 5.41) is 6.93. The first-order valence-electron chi connectivity index (χ1n) is 7.32. The van der Waals surface area contributed by atoms with E-state index in [2.05, 4.69) is 67.8 Å². The molecule has 0 aliphatic carbocycles. The molecule has 3 nitrogen and oxygen atoms in total. The van der Waals surface area contributed by atoms with E-state index in [9.17, 15) is 0 Å². The second kappa shape index (κ2) is 10.4. The fourth-order valence-corrected chi connectivity index (χ4v) is 2.39. The summed E-state index contributed by atoms with van der Waals surface area (Å²) < 4.78 is 0. The van der Waals surface area contributed by atoms with Gasteiger partial charge in [0.25, 0.3) is 0 Å². The molecule has 0 saturated carbocycles. The van der Waals surface area contributed by atoms with Crippen molar-refractivity contribution in [1.29, 1.82) is 0 Å². The summed E-state index contributed by atoms with van der Waals surface area (Å²) in [6.07, 6.45) is 1.18. The molecule has 2 N–H and O–H groups in total. The van der Waals surface area contributed by atoms with Gasteiger partial charge < -0.3 is 16.1 Å². The van der Waals surface area contributed by atoms with Gasteiger partial charge in [-0.15, -0.1) is 0 Å². The average Bonchev–Trinajstić information content (AvgIpc) is 2.41. The molecule has 114 valence electrons. The van der Waals surface area contributed by atoms with E-state index in [4.69, 9.17) is 0 Å². The molecule has 2 aromatic rings. The van der Waals surface area contributed by atoms with Crippen LogP contribution in [0.5, 0.6) is 0 Å². The van der Waals surface area contributed by atoms with E-state index >= 15 is 0 Å². The van der Waals surface area contributed by atoms with Crippen LogP contribution in [0.15, 0.2) is 54.6 Å². The van der Waals surface area contributed by atoms with Crippen LogP contribution in [0.3, 0.4) is 0 Å². The Bertz CT molecular complexity index is 514. The van der Waals surface area contributed by atoms with Crippen LogP contribution in [0.25, 0.3) is 0 Å². The van der Waals surface area contributed by atoms with Gasteiger partial charge in [0.05, 0.1) is 0 Å². The van der Waals surface area contributed by atoms with Crippen LogP contribution in [-0.2, 0) is 25.0 Å². The average molecular weight is 350 g/mol. The monoisotopic (exact) mass is 348 g/mol. The maximum Gasteiger partial charge on any atom is 2.00 e. The van der Waals surface area contributed by atoms with Crippen molar-refractivity contribution in [3.05, 3.63) is 54.6 Å². The molecule has 0 heterocycles. The summed E-state index contributed by atoms with van der Waals surface area (Å²) in [6.45, 7) is 6.74. The molecule has 2 rings (SSSR count). The molecule has 0 radical (unpaired) electrons. The summed E-state index contributed by atoms with van der Waals surface area (Å²) >= 11 is 0. The van der Waals surface area contributed by atoms with E-state index in [0.717, 1.165) is 17.3 Å². The van der Waals surface area contributed by atoms with Gasteiger partial charge in [0.15, 0.2) is 0 Å². The van der Waals surface area contributed by atoms with E-state index in [-0.39, 0.29) is 25.0 Å². The first-order valence-corrected chi connectivity index (χ1v) is 7.32. The third kappa shape index (κ3) is 7.06. The number of anilines is 3. The zero-order valence-corrected chi connectivity index (χ0v) is 16.6. The smallest absolute Gasteiger partial charge is 2.00 e. The molecule has 4 heteroatoms. The molecule has 0 bridgehead atoms. The molecule has 0 aliphatic rings. The van der Waals surface area contributed by atoms with Crippen molar-refractivity contribution in [3.63, 3.8) is 0 Å². The molecule has 1 atom stereocenters. The van der Waals surface area contributed by atoms with Crippen LogP contribution in [0.4, 0.5) is 17.1 Å². The molecule has 0 amide bonds. The first-order chi connectivity index (χ1) is 9.63. The molecular formula is C18H24N2OZn. The van der Waals surface area contributed by atoms with Crippen LogP contribution in [0, 0.1) is 5.92 Å². The topological polar surface area (TPSA) is 52.6 Å². The Hall–Kier alpha value is -1.38. The Labute approximate surface area is 146 Å². The predicted octanol–water partition coefficient (Wildman–Crippen LogP) is 5.16. The summed E-state index contributed by atoms with van der Waals surface area (Å²) in [7, 11) is 0. The van der Waals surface area contributed by atoms with Gasteiger partial charge in [0, 0.05) is 23.1 Å². The Morgan fingerprint density at radius 1 is 0.773 bits per heavy atom. The van der Waals surface area contributed by atoms with Crippen LogP contribution in [0.2, 0.25) is 0 Å². The number of para-hydroxylation sites is 1. The fourth-order valence-electron chi connectivity index (χ4n) is 2.39. The maximum absolute atomic E-state index is 3.54. The van der Waals surface area contributed by atoms with Gasteiger partial charge in [-0.1, -0.05) is 32.0 Å². The van der Waals surface area contributed by atoms with Gasteiger partial charge in [-0.25, -0.2) is 0 Å². The quantitative estimate of drug-likeness (QED) is 0.708. The number of nitrogens with one attached hydrogen (secondary N) is 2.